The van der Waals surface area contributed by atoms with Gasteiger partial charge in [-0.25, -0.2) is 0 Å². The first-order chi connectivity index (χ1) is 12.0. The smallest absolute Gasteiger partial charge is 0.169 e. The molecule has 1 aliphatic heterocycles. The van der Waals surface area contributed by atoms with Gasteiger partial charge in [-0.05, 0) is 31.6 Å². The highest BCUT2D eigenvalue weighted by molar-refractivity contribution is 7.80. The molecule has 1 aliphatic rings. The van der Waals surface area contributed by atoms with Crippen molar-refractivity contribution in [1.29, 1.82) is 0 Å². The SMILES string of the molecule is Cc1ccc(CNC(=S)N2CCN(Cc3cnn(C)c3C)CC2)cc1. The zero-order chi connectivity index (χ0) is 17.8. The molecule has 6 heteroatoms. The Morgan fingerprint density at radius 2 is 1.80 bits per heavy atom. The van der Waals surface area contributed by atoms with Crippen LogP contribution in [0.4, 0.5) is 0 Å². The summed E-state index contributed by atoms with van der Waals surface area (Å²) >= 11 is 5.57. The quantitative estimate of drug-likeness (QED) is 0.849. The van der Waals surface area contributed by atoms with Gasteiger partial charge in [-0.15, -0.1) is 0 Å². The van der Waals surface area contributed by atoms with E-state index in [1.165, 1.54) is 22.4 Å². The molecular formula is C19H27N5S. The second-order valence-corrected chi connectivity index (χ2v) is 7.17. The maximum absolute atomic E-state index is 5.57. The second kappa shape index (κ2) is 7.97. The number of rotatable bonds is 4. The molecule has 1 aromatic carbocycles. The van der Waals surface area contributed by atoms with Crippen LogP contribution in [0.5, 0.6) is 0 Å². The van der Waals surface area contributed by atoms with E-state index in [9.17, 15) is 0 Å². The number of hydrogen-bond acceptors (Lipinski definition) is 3. The zero-order valence-corrected chi connectivity index (χ0v) is 16.1. The molecule has 0 aliphatic carbocycles. The van der Waals surface area contributed by atoms with Crippen LogP contribution < -0.4 is 5.32 Å². The van der Waals surface area contributed by atoms with E-state index in [2.05, 4.69) is 58.3 Å². The lowest BCUT2D eigenvalue weighted by atomic mass is 10.1. The predicted molar refractivity (Wildman–Crippen MR) is 105 cm³/mol. The average Bonchev–Trinajstić information content (AvgIpc) is 2.94. The highest BCUT2D eigenvalue weighted by Crippen LogP contribution is 2.12. The highest BCUT2D eigenvalue weighted by Gasteiger charge is 2.19. The molecule has 0 unspecified atom stereocenters. The third-order valence-corrected chi connectivity index (χ3v) is 5.36. The average molecular weight is 358 g/mol. The Balaban J connectivity index is 1.44. The summed E-state index contributed by atoms with van der Waals surface area (Å²) in [7, 11) is 1.99. The number of piperazine rings is 1. The minimum atomic E-state index is 0.786. The van der Waals surface area contributed by atoms with Gasteiger partial charge in [-0.2, -0.15) is 5.10 Å². The van der Waals surface area contributed by atoms with Gasteiger partial charge in [0.25, 0.3) is 0 Å². The Labute approximate surface area is 155 Å². The first kappa shape index (κ1) is 17.9. The summed E-state index contributed by atoms with van der Waals surface area (Å²) in [5, 5.41) is 8.58. The number of aromatic nitrogens is 2. The summed E-state index contributed by atoms with van der Waals surface area (Å²) in [4.78, 5) is 4.75. The fourth-order valence-corrected chi connectivity index (χ4v) is 3.30. The van der Waals surface area contributed by atoms with Crippen LogP contribution in [0, 0.1) is 13.8 Å². The van der Waals surface area contributed by atoms with Crippen LogP contribution in [0.25, 0.3) is 0 Å². The highest BCUT2D eigenvalue weighted by atomic mass is 32.1. The summed E-state index contributed by atoms with van der Waals surface area (Å²) in [5.74, 6) is 0. The maximum Gasteiger partial charge on any atom is 0.169 e. The monoisotopic (exact) mass is 357 g/mol. The first-order valence-corrected chi connectivity index (χ1v) is 9.22. The van der Waals surface area contributed by atoms with Crippen LogP contribution in [0.1, 0.15) is 22.4 Å². The largest absolute Gasteiger partial charge is 0.358 e. The van der Waals surface area contributed by atoms with Gasteiger partial charge in [-0.3, -0.25) is 9.58 Å². The van der Waals surface area contributed by atoms with Crippen molar-refractivity contribution in [1.82, 2.24) is 24.9 Å². The molecule has 0 atom stereocenters. The van der Waals surface area contributed by atoms with Gasteiger partial charge in [0.2, 0.25) is 0 Å². The van der Waals surface area contributed by atoms with Crippen molar-refractivity contribution in [3.8, 4) is 0 Å². The van der Waals surface area contributed by atoms with E-state index in [0.717, 1.165) is 44.4 Å². The molecule has 3 rings (SSSR count). The molecule has 1 fully saturated rings. The van der Waals surface area contributed by atoms with Gasteiger partial charge >= 0.3 is 0 Å². The van der Waals surface area contributed by atoms with Gasteiger partial charge in [0.05, 0.1) is 6.20 Å². The molecule has 5 nitrogen and oxygen atoms in total. The van der Waals surface area contributed by atoms with Crippen molar-refractivity contribution in [3.63, 3.8) is 0 Å². The third-order valence-electron chi connectivity index (χ3n) is 4.95. The summed E-state index contributed by atoms with van der Waals surface area (Å²) in [6.07, 6.45) is 1.98. The summed E-state index contributed by atoms with van der Waals surface area (Å²) < 4.78 is 1.94. The number of nitrogens with one attached hydrogen (secondary N) is 1. The van der Waals surface area contributed by atoms with Crippen molar-refractivity contribution in [2.75, 3.05) is 26.2 Å². The fourth-order valence-electron chi connectivity index (χ4n) is 3.04. The molecule has 1 aromatic heterocycles. The number of aryl methyl sites for hydroxylation is 2. The Morgan fingerprint density at radius 3 is 2.40 bits per heavy atom. The lowest BCUT2D eigenvalue weighted by Gasteiger charge is -2.36. The van der Waals surface area contributed by atoms with E-state index in [-0.39, 0.29) is 0 Å². The molecule has 0 amide bonds. The van der Waals surface area contributed by atoms with E-state index in [0.29, 0.717) is 0 Å². The van der Waals surface area contributed by atoms with Gasteiger partial charge in [-0.1, -0.05) is 29.8 Å². The third kappa shape index (κ3) is 4.58. The standard InChI is InChI=1S/C19H27N5S/c1-15-4-6-17(7-5-15)12-20-19(25)24-10-8-23(9-11-24)14-18-13-21-22(3)16(18)2/h4-7,13H,8-12,14H2,1-3H3,(H,20,25). The van der Waals surface area contributed by atoms with Gasteiger partial charge in [0.15, 0.2) is 5.11 Å². The lowest BCUT2D eigenvalue weighted by molar-refractivity contribution is 0.174. The first-order valence-electron chi connectivity index (χ1n) is 8.81. The van der Waals surface area contributed by atoms with Crippen molar-refractivity contribution in [2.45, 2.75) is 26.9 Å². The molecule has 0 radical (unpaired) electrons. The molecular weight excluding hydrogens is 330 g/mol. The van der Waals surface area contributed by atoms with Crippen LogP contribution in [0.15, 0.2) is 30.5 Å². The van der Waals surface area contributed by atoms with Crippen LogP contribution in [0.2, 0.25) is 0 Å². The summed E-state index contributed by atoms with van der Waals surface area (Å²) in [6, 6.07) is 8.58. The molecule has 2 heterocycles. The minimum Gasteiger partial charge on any atom is -0.358 e. The predicted octanol–water partition coefficient (Wildman–Crippen LogP) is 2.23. The Bertz CT molecular complexity index is 714. The number of benzene rings is 1. The normalized spacial score (nSPS) is 15.4. The number of nitrogens with zero attached hydrogens (tertiary/aromatic N) is 4. The molecule has 134 valence electrons. The van der Waals surface area contributed by atoms with Crippen molar-refractivity contribution in [2.24, 2.45) is 7.05 Å². The second-order valence-electron chi connectivity index (χ2n) is 6.79. The van der Waals surface area contributed by atoms with Gasteiger partial charge in [0.1, 0.15) is 0 Å². The Hall–Kier alpha value is -1.92. The molecule has 0 spiro atoms. The van der Waals surface area contributed by atoms with E-state index in [1.54, 1.807) is 0 Å². The van der Waals surface area contributed by atoms with E-state index in [4.69, 9.17) is 12.2 Å². The summed E-state index contributed by atoms with van der Waals surface area (Å²) in [5.41, 5.74) is 5.11. The topological polar surface area (TPSA) is 36.3 Å². The van der Waals surface area contributed by atoms with Crippen LogP contribution in [-0.2, 0) is 20.1 Å². The fraction of sp³-hybridized carbons (Fsp3) is 0.474. The molecule has 1 saturated heterocycles. The Morgan fingerprint density at radius 1 is 1.12 bits per heavy atom. The van der Waals surface area contributed by atoms with Crippen molar-refractivity contribution >= 4 is 17.3 Å². The number of hydrogen-bond donors (Lipinski definition) is 1. The minimum absolute atomic E-state index is 0.786. The van der Waals surface area contributed by atoms with Crippen LogP contribution in [-0.4, -0.2) is 50.9 Å². The van der Waals surface area contributed by atoms with Crippen LogP contribution >= 0.6 is 12.2 Å². The van der Waals surface area contributed by atoms with Crippen molar-refractivity contribution < 1.29 is 0 Å². The van der Waals surface area contributed by atoms with Crippen molar-refractivity contribution in [3.05, 3.63) is 52.8 Å². The molecule has 0 bridgehead atoms. The lowest BCUT2D eigenvalue weighted by Crippen LogP contribution is -2.51. The van der Waals surface area contributed by atoms with E-state index in [1.807, 2.05) is 17.9 Å². The Kier molecular flexibility index (Phi) is 5.71. The molecule has 0 saturated carbocycles. The van der Waals surface area contributed by atoms with Gasteiger partial charge < -0.3 is 10.2 Å². The molecule has 25 heavy (non-hydrogen) atoms. The van der Waals surface area contributed by atoms with E-state index >= 15 is 0 Å². The molecule has 1 N–H and O–H groups in total. The van der Waals surface area contributed by atoms with Crippen LogP contribution in [0.3, 0.4) is 0 Å². The summed E-state index contributed by atoms with van der Waals surface area (Å²) in [6.45, 7) is 9.99. The number of thiocarbonyl (C=S) groups is 1. The zero-order valence-electron chi connectivity index (χ0n) is 15.3. The maximum atomic E-state index is 5.57. The molecule has 2 aromatic rings. The van der Waals surface area contributed by atoms with E-state index < -0.39 is 0 Å². The van der Waals surface area contributed by atoms with Gasteiger partial charge in [0, 0.05) is 57.6 Å².